The third-order valence-corrected chi connectivity index (χ3v) is 5.57. The van der Waals surface area contributed by atoms with Gasteiger partial charge in [-0.1, -0.05) is 35.9 Å². The van der Waals surface area contributed by atoms with Gasteiger partial charge in [-0.2, -0.15) is 0 Å². The zero-order valence-corrected chi connectivity index (χ0v) is 18.7. The van der Waals surface area contributed by atoms with Gasteiger partial charge in [0.05, 0.1) is 25.3 Å². The van der Waals surface area contributed by atoms with Gasteiger partial charge < -0.3 is 14.6 Å². The zero-order chi connectivity index (χ0) is 23.5. The van der Waals surface area contributed by atoms with Crippen molar-refractivity contribution in [2.75, 3.05) is 18.6 Å². The van der Waals surface area contributed by atoms with Crippen LogP contribution in [0, 0.1) is 6.92 Å². The van der Waals surface area contributed by atoms with Crippen LogP contribution in [-0.4, -0.2) is 30.5 Å². The molecule has 1 amide bonds. The first-order chi connectivity index (χ1) is 15.9. The molecule has 0 saturated carbocycles. The van der Waals surface area contributed by atoms with Crippen molar-refractivity contribution in [3.8, 4) is 11.5 Å². The molecule has 1 unspecified atom stereocenters. The number of carbonyl (C=O) groups is 2. The molecule has 1 atom stereocenters. The van der Waals surface area contributed by atoms with Crippen LogP contribution in [0.2, 0.25) is 0 Å². The molecule has 6 heteroatoms. The lowest BCUT2D eigenvalue weighted by Crippen LogP contribution is -2.29. The maximum Gasteiger partial charge on any atom is 0.300 e. The molecule has 3 aromatic rings. The van der Waals surface area contributed by atoms with Crippen LogP contribution in [0.4, 0.5) is 5.69 Å². The smallest absolute Gasteiger partial charge is 0.300 e. The fourth-order valence-corrected chi connectivity index (χ4v) is 4.05. The van der Waals surface area contributed by atoms with E-state index >= 15 is 0 Å². The molecular formula is C27H25NO5. The molecule has 0 bridgehead atoms. The van der Waals surface area contributed by atoms with E-state index in [0.717, 1.165) is 11.1 Å². The highest BCUT2D eigenvalue weighted by Crippen LogP contribution is 2.43. The molecular weight excluding hydrogens is 418 g/mol. The number of aryl methyl sites for hydroxylation is 1. The number of aliphatic hydroxyl groups is 1. The summed E-state index contributed by atoms with van der Waals surface area (Å²) in [4.78, 5) is 27.9. The monoisotopic (exact) mass is 443 g/mol. The highest BCUT2D eigenvalue weighted by atomic mass is 16.5. The second kappa shape index (κ2) is 9.20. The number of nitrogens with zero attached hydrogens (tertiary/aromatic N) is 1. The van der Waals surface area contributed by atoms with Gasteiger partial charge in [-0.25, -0.2) is 0 Å². The van der Waals surface area contributed by atoms with E-state index in [9.17, 15) is 14.7 Å². The molecule has 4 rings (SSSR count). The molecule has 0 aromatic heterocycles. The maximum atomic E-state index is 13.3. The summed E-state index contributed by atoms with van der Waals surface area (Å²) >= 11 is 0. The minimum atomic E-state index is -0.788. The van der Waals surface area contributed by atoms with Crippen LogP contribution >= 0.6 is 0 Å². The molecule has 3 aromatic carbocycles. The molecule has 1 fully saturated rings. The van der Waals surface area contributed by atoms with E-state index < -0.39 is 17.7 Å². The summed E-state index contributed by atoms with van der Waals surface area (Å²) in [5.74, 6) is -0.460. The first-order valence-corrected chi connectivity index (χ1v) is 10.7. The number of ketones is 1. The Morgan fingerprint density at radius 2 is 1.70 bits per heavy atom. The minimum Gasteiger partial charge on any atom is -0.507 e. The number of amides is 1. The third kappa shape index (κ3) is 4.20. The van der Waals surface area contributed by atoms with Crippen molar-refractivity contribution < 1.29 is 24.2 Å². The third-order valence-electron chi connectivity index (χ3n) is 5.57. The largest absolute Gasteiger partial charge is 0.507 e. The van der Waals surface area contributed by atoms with Crippen LogP contribution in [0.25, 0.3) is 5.76 Å². The van der Waals surface area contributed by atoms with Gasteiger partial charge in [-0.05, 0) is 55.8 Å². The van der Waals surface area contributed by atoms with E-state index in [1.807, 2.05) is 38.1 Å². The number of hydrogen-bond donors (Lipinski definition) is 1. The first kappa shape index (κ1) is 22.1. The Kier molecular flexibility index (Phi) is 6.18. The Labute approximate surface area is 192 Å². The van der Waals surface area contributed by atoms with Crippen molar-refractivity contribution >= 4 is 23.1 Å². The molecule has 0 spiro atoms. The summed E-state index contributed by atoms with van der Waals surface area (Å²) in [6, 6.07) is 20.5. The molecule has 0 radical (unpaired) electrons. The first-order valence-electron chi connectivity index (χ1n) is 10.7. The van der Waals surface area contributed by atoms with Crippen molar-refractivity contribution in [2.24, 2.45) is 0 Å². The Balaban J connectivity index is 1.91. The highest BCUT2D eigenvalue weighted by Gasteiger charge is 2.47. The van der Waals surface area contributed by atoms with Gasteiger partial charge >= 0.3 is 0 Å². The SMILES string of the molecule is CCOc1cccc(N2C(=O)C(=O)/C(=C(/O)c3ccc(OC)cc3)C2c2cccc(C)c2)c1. The lowest BCUT2D eigenvalue weighted by atomic mass is 9.94. The number of ether oxygens (including phenoxy) is 2. The number of hydrogen-bond acceptors (Lipinski definition) is 5. The Hall–Kier alpha value is -4.06. The van der Waals surface area contributed by atoms with Crippen molar-refractivity contribution in [1.29, 1.82) is 0 Å². The van der Waals surface area contributed by atoms with Gasteiger partial charge in [0.25, 0.3) is 11.7 Å². The van der Waals surface area contributed by atoms with Gasteiger partial charge in [0.2, 0.25) is 0 Å². The van der Waals surface area contributed by atoms with E-state index in [-0.39, 0.29) is 11.3 Å². The molecule has 6 nitrogen and oxygen atoms in total. The second-order valence-electron chi connectivity index (χ2n) is 7.74. The predicted octanol–water partition coefficient (Wildman–Crippen LogP) is 5.03. The molecule has 0 aliphatic carbocycles. The van der Waals surface area contributed by atoms with Gasteiger partial charge in [-0.15, -0.1) is 0 Å². The summed E-state index contributed by atoms with van der Waals surface area (Å²) in [5.41, 5.74) is 2.69. The van der Waals surface area contributed by atoms with Crippen LogP contribution in [-0.2, 0) is 9.59 Å². The fourth-order valence-electron chi connectivity index (χ4n) is 4.05. The van der Waals surface area contributed by atoms with Crippen molar-refractivity contribution in [2.45, 2.75) is 19.9 Å². The lowest BCUT2D eigenvalue weighted by Gasteiger charge is -2.26. The number of rotatable bonds is 6. The predicted molar refractivity (Wildman–Crippen MR) is 127 cm³/mol. The lowest BCUT2D eigenvalue weighted by molar-refractivity contribution is -0.132. The van der Waals surface area contributed by atoms with Crippen LogP contribution in [0.5, 0.6) is 11.5 Å². The quantitative estimate of drug-likeness (QED) is 0.329. The van der Waals surface area contributed by atoms with Gasteiger partial charge in [0.1, 0.15) is 17.3 Å². The van der Waals surface area contributed by atoms with E-state index in [0.29, 0.717) is 29.4 Å². The summed E-state index contributed by atoms with van der Waals surface area (Å²) < 4.78 is 10.8. The minimum absolute atomic E-state index is 0.0394. The standard InChI is InChI=1S/C27H25NO5/c1-4-33-22-10-6-9-20(16-22)28-24(19-8-5-7-17(2)15-19)23(26(30)27(28)31)25(29)18-11-13-21(32-3)14-12-18/h5-16,24,29H,4H2,1-3H3/b25-23+. The Morgan fingerprint density at radius 3 is 2.36 bits per heavy atom. The molecule has 1 aliphatic rings. The van der Waals surface area contributed by atoms with E-state index in [4.69, 9.17) is 9.47 Å². The van der Waals surface area contributed by atoms with Gasteiger partial charge in [0.15, 0.2) is 0 Å². The zero-order valence-electron chi connectivity index (χ0n) is 18.7. The molecule has 33 heavy (non-hydrogen) atoms. The highest BCUT2D eigenvalue weighted by molar-refractivity contribution is 6.51. The second-order valence-corrected chi connectivity index (χ2v) is 7.74. The maximum absolute atomic E-state index is 13.3. The number of benzene rings is 3. The molecule has 1 N–H and O–H groups in total. The van der Waals surface area contributed by atoms with Crippen molar-refractivity contribution in [3.05, 3.63) is 95.1 Å². The fraction of sp³-hybridized carbons (Fsp3) is 0.185. The van der Waals surface area contributed by atoms with Crippen LogP contribution in [0.1, 0.15) is 29.7 Å². The van der Waals surface area contributed by atoms with Crippen LogP contribution in [0.3, 0.4) is 0 Å². The number of aliphatic hydroxyl groups excluding tert-OH is 1. The van der Waals surface area contributed by atoms with Crippen LogP contribution < -0.4 is 14.4 Å². The normalized spacial score (nSPS) is 17.3. The van der Waals surface area contributed by atoms with Gasteiger partial charge in [0, 0.05) is 17.3 Å². The molecule has 168 valence electrons. The van der Waals surface area contributed by atoms with Crippen LogP contribution in [0.15, 0.2) is 78.4 Å². The summed E-state index contributed by atoms with van der Waals surface area (Å²) in [5, 5.41) is 11.2. The van der Waals surface area contributed by atoms with Gasteiger partial charge in [-0.3, -0.25) is 14.5 Å². The number of anilines is 1. The molecule has 1 heterocycles. The van der Waals surface area contributed by atoms with E-state index in [1.54, 1.807) is 55.6 Å². The molecule has 1 aliphatic heterocycles. The van der Waals surface area contributed by atoms with Crippen molar-refractivity contribution in [3.63, 3.8) is 0 Å². The van der Waals surface area contributed by atoms with Crippen molar-refractivity contribution in [1.82, 2.24) is 0 Å². The topological polar surface area (TPSA) is 76.1 Å². The number of methoxy groups -OCH3 is 1. The Morgan fingerprint density at radius 1 is 0.970 bits per heavy atom. The average molecular weight is 443 g/mol. The summed E-state index contributed by atoms with van der Waals surface area (Å²) in [6.07, 6.45) is 0. The molecule has 1 saturated heterocycles. The summed E-state index contributed by atoms with van der Waals surface area (Å²) in [7, 11) is 1.55. The van der Waals surface area contributed by atoms with E-state index in [2.05, 4.69) is 0 Å². The number of carbonyl (C=O) groups excluding carboxylic acids is 2. The number of Topliss-reactive ketones (excluding diaryl/α,β-unsaturated/α-hetero) is 1. The Bertz CT molecular complexity index is 1230. The van der Waals surface area contributed by atoms with E-state index in [1.165, 1.54) is 4.90 Å². The average Bonchev–Trinajstić information content (AvgIpc) is 3.09. The summed E-state index contributed by atoms with van der Waals surface area (Å²) in [6.45, 7) is 4.29.